The van der Waals surface area contributed by atoms with Crippen LogP contribution in [0.5, 0.6) is 0 Å². The number of nitrogens with zero attached hydrogens (tertiary/aromatic N) is 2. The number of aryl methyl sites for hydroxylation is 1. The standard InChI is InChI=1S/C26H38N2O5S/c1-5-23-21(12-20(33-23)11-10-18-6-7-18)22(27-2)13-26(32-17-31-4)24(15-34-14-19-8-9-19)28(16-30-3)25(26)29/h5,12,18-19,24H,2,6-11,13-17H2,1,3-4H3/b22-21-,23-5+/t24-,26+/m0/s1. The van der Waals surface area contributed by atoms with Crippen LogP contribution in [0.4, 0.5) is 0 Å². The number of hydrogen-bond acceptors (Lipinski definition) is 7. The van der Waals surface area contributed by atoms with Crippen molar-refractivity contribution in [2.75, 3.05) is 39.2 Å². The Morgan fingerprint density at radius 1 is 1.26 bits per heavy atom. The van der Waals surface area contributed by atoms with Crippen LogP contribution in [0.2, 0.25) is 0 Å². The van der Waals surface area contributed by atoms with Gasteiger partial charge in [-0.25, -0.2) is 0 Å². The van der Waals surface area contributed by atoms with Crippen LogP contribution in [-0.2, 0) is 25.4 Å². The van der Waals surface area contributed by atoms with Crippen LogP contribution in [0.3, 0.4) is 0 Å². The molecule has 7 nitrogen and oxygen atoms in total. The van der Waals surface area contributed by atoms with Crippen LogP contribution >= 0.6 is 11.8 Å². The van der Waals surface area contributed by atoms with Gasteiger partial charge in [-0.2, -0.15) is 11.8 Å². The summed E-state index contributed by atoms with van der Waals surface area (Å²) in [6.07, 6.45) is 9.60. The Hall–Kier alpha value is -1.61. The van der Waals surface area contributed by atoms with E-state index < -0.39 is 5.60 Å². The van der Waals surface area contributed by atoms with E-state index in [9.17, 15) is 4.79 Å². The Morgan fingerprint density at radius 2 is 2.03 bits per heavy atom. The highest BCUT2D eigenvalue weighted by molar-refractivity contribution is 7.99. The van der Waals surface area contributed by atoms with Gasteiger partial charge in [-0.15, -0.1) is 0 Å². The van der Waals surface area contributed by atoms with Gasteiger partial charge in [0.15, 0.2) is 5.60 Å². The van der Waals surface area contributed by atoms with Gasteiger partial charge in [0.05, 0.1) is 11.7 Å². The summed E-state index contributed by atoms with van der Waals surface area (Å²) in [4.78, 5) is 19.6. The van der Waals surface area contributed by atoms with E-state index in [0.717, 1.165) is 52.6 Å². The van der Waals surface area contributed by atoms with Crippen molar-refractivity contribution in [1.82, 2.24) is 4.90 Å². The molecule has 188 valence electrons. The molecule has 4 rings (SSSR count). The van der Waals surface area contributed by atoms with E-state index in [1.54, 1.807) is 19.1 Å². The minimum atomic E-state index is -1.06. The van der Waals surface area contributed by atoms with Gasteiger partial charge in [0.2, 0.25) is 0 Å². The van der Waals surface area contributed by atoms with Gasteiger partial charge in [0.1, 0.15) is 24.7 Å². The smallest absolute Gasteiger partial charge is 0.259 e. The molecule has 2 atom stereocenters. The van der Waals surface area contributed by atoms with Crippen molar-refractivity contribution in [2.45, 2.75) is 63.5 Å². The lowest BCUT2D eigenvalue weighted by atomic mass is 9.79. The highest BCUT2D eigenvalue weighted by atomic mass is 32.2. The summed E-state index contributed by atoms with van der Waals surface area (Å²) in [6.45, 7) is 6.08. The van der Waals surface area contributed by atoms with Crippen molar-refractivity contribution >= 4 is 36.2 Å². The van der Waals surface area contributed by atoms with E-state index in [4.69, 9.17) is 18.6 Å². The number of methoxy groups -OCH3 is 2. The Balaban J connectivity index is 1.63. The average molecular weight is 491 g/mol. The third kappa shape index (κ3) is 5.61. The average Bonchev–Trinajstić information content (AvgIpc) is 3.79. The van der Waals surface area contributed by atoms with E-state index >= 15 is 0 Å². The van der Waals surface area contributed by atoms with E-state index in [2.05, 4.69) is 17.8 Å². The molecule has 3 fully saturated rings. The molecule has 8 heteroatoms. The minimum Gasteiger partial charge on any atom is -0.461 e. The molecule has 0 bridgehead atoms. The first-order valence-corrected chi connectivity index (χ1v) is 13.5. The highest BCUT2D eigenvalue weighted by Gasteiger charge is 2.62. The first-order chi connectivity index (χ1) is 16.6. The molecule has 2 aliphatic carbocycles. The minimum absolute atomic E-state index is 0.0333. The molecule has 34 heavy (non-hydrogen) atoms. The fourth-order valence-corrected chi connectivity index (χ4v) is 6.16. The maximum absolute atomic E-state index is 13.5. The van der Waals surface area contributed by atoms with Gasteiger partial charge in [-0.05, 0) is 62.6 Å². The quantitative estimate of drug-likeness (QED) is 0.214. The Bertz CT molecular complexity index is 984. The summed E-state index contributed by atoms with van der Waals surface area (Å²) >= 11 is 1.88. The first-order valence-electron chi connectivity index (χ1n) is 12.3. The molecule has 1 aromatic heterocycles. The number of carbonyl (C=O) groups is 1. The Morgan fingerprint density at radius 3 is 2.65 bits per heavy atom. The second-order valence-corrected chi connectivity index (χ2v) is 10.7. The molecule has 2 heterocycles. The number of thioether (sulfide) groups is 1. The molecule has 1 aromatic rings. The Kier molecular flexibility index (Phi) is 8.56. The van der Waals surface area contributed by atoms with Crippen molar-refractivity contribution in [2.24, 2.45) is 16.8 Å². The van der Waals surface area contributed by atoms with Gasteiger partial charge in [0, 0.05) is 38.0 Å². The number of carbonyl (C=O) groups excluding carboxylic acids is 1. The SMILES string of the molecule is C=N/C(C[C@]1(OCOC)C(=O)N(COC)[C@H]1CSCC1CC1)=c1/cc(CCC2CC2)o/c1=C/C. The van der Waals surface area contributed by atoms with Crippen molar-refractivity contribution in [1.29, 1.82) is 0 Å². The third-order valence-corrected chi connectivity index (χ3v) is 8.33. The summed E-state index contributed by atoms with van der Waals surface area (Å²) in [5.74, 6) is 4.41. The molecule has 1 aliphatic heterocycles. The molecule has 0 spiro atoms. The number of rotatable bonds is 15. The third-order valence-electron chi connectivity index (χ3n) is 7.07. The van der Waals surface area contributed by atoms with Gasteiger partial charge in [-0.1, -0.05) is 12.8 Å². The number of hydrogen-bond donors (Lipinski definition) is 0. The lowest BCUT2D eigenvalue weighted by molar-refractivity contribution is -0.228. The molecule has 0 N–H and O–H groups in total. The maximum atomic E-state index is 13.5. The number of aliphatic imine (C=N–C) groups is 1. The zero-order valence-corrected chi connectivity index (χ0v) is 21.5. The zero-order chi connectivity index (χ0) is 24.1. The number of ether oxygens (including phenoxy) is 3. The van der Waals surface area contributed by atoms with Gasteiger partial charge < -0.3 is 23.5 Å². The molecule has 1 amide bonds. The number of amides is 1. The lowest BCUT2D eigenvalue weighted by Crippen LogP contribution is -2.76. The lowest BCUT2D eigenvalue weighted by Gasteiger charge is -2.54. The summed E-state index contributed by atoms with van der Waals surface area (Å²) in [5, 5.41) is 0.895. The highest BCUT2D eigenvalue weighted by Crippen LogP contribution is 2.43. The van der Waals surface area contributed by atoms with Gasteiger partial charge in [-0.3, -0.25) is 9.79 Å². The second-order valence-electron chi connectivity index (χ2n) is 9.67. The second kappa shape index (κ2) is 11.4. The molecule has 1 saturated heterocycles. The van der Waals surface area contributed by atoms with Crippen molar-refractivity contribution < 1.29 is 23.4 Å². The fourth-order valence-electron chi connectivity index (χ4n) is 4.68. The van der Waals surface area contributed by atoms with Crippen LogP contribution < -0.4 is 10.6 Å². The molecule has 0 unspecified atom stereocenters. The predicted molar refractivity (Wildman–Crippen MR) is 135 cm³/mol. The first kappa shape index (κ1) is 25.5. The Labute approximate surface area is 206 Å². The van der Waals surface area contributed by atoms with E-state index in [0.29, 0.717) is 12.1 Å². The van der Waals surface area contributed by atoms with E-state index in [-0.39, 0.29) is 25.5 Å². The van der Waals surface area contributed by atoms with Crippen LogP contribution in [0.1, 0.15) is 51.2 Å². The van der Waals surface area contributed by atoms with Crippen molar-refractivity contribution in [3.63, 3.8) is 0 Å². The summed E-state index contributed by atoms with van der Waals surface area (Å²) in [5.41, 5.74) is 0.432. The normalized spacial score (nSPS) is 26.1. The topological polar surface area (TPSA) is 73.5 Å². The van der Waals surface area contributed by atoms with Gasteiger partial charge in [0.25, 0.3) is 5.91 Å². The van der Waals surface area contributed by atoms with Crippen molar-refractivity contribution in [3.8, 4) is 0 Å². The molecular weight excluding hydrogens is 452 g/mol. The zero-order valence-electron chi connectivity index (χ0n) is 20.7. The predicted octanol–water partition coefficient (Wildman–Crippen LogP) is 2.94. The number of β-lactam (4-membered cyclic amide) rings is 1. The maximum Gasteiger partial charge on any atom is 0.259 e. The van der Waals surface area contributed by atoms with Crippen LogP contribution in [0.25, 0.3) is 11.8 Å². The largest absolute Gasteiger partial charge is 0.461 e. The molecule has 0 radical (unpaired) electrons. The van der Waals surface area contributed by atoms with Crippen LogP contribution in [-0.4, -0.2) is 68.4 Å². The van der Waals surface area contributed by atoms with Gasteiger partial charge >= 0.3 is 0 Å². The monoisotopic (exact) mass is 490 g/mol. The summed E-state index contributed by atoms with van der Waals surface area (Å²) in [7, 11) is 3.18. The number of likely N-dealkylation sites (tertiary alicyclic amines) is 1. The molecule has 0 aromatic carbocycles. The van der Waals surface area contributed by atoms with Crippen LogP contribution in [0, 0.1) is 11.8 Å². The molecule has 2 saturated carbocycles. The summed E-state index contributed by atoms with van der Waals surface area (Å²) < 4.78 is 22.9. The molecular formula is C26H38N2O5S. The van der Waals surface area contributed by atoms with Crippen molar-refractivity contribution in [3.05, 3.63) is 22.5 Å². The molecule has 3 aliphatic rings. The summed E-state index contributed by atoms with van der Waals surface area (Å²) in [6, 6.07) is 1.93. The van der Waals surface area contributed by atoms with Crippen LogP contribution in [0.15, 0.2) is 15.5 Å². The van der Waals surface area contributed by atoms with E-state index in [1.165, 1.54) is 25.7 Å². The van der Waals surface area contributed by atoms with E-state index in [1.807, 2.05) is 24.8 Å². The number of furan rings is 1. The fraction of sp³-hybridized carbons (Fsp3) is 0.692.